The van der Waals surface area contributed by atoms with Crippen LogP contribution in [0.4, 0.5) is 0 Å². The zero-order valence-electron chi connectivity index (χ0n) is 9.51. The molecule has 1 aromatic rings. The van der Waals surface area contributed by atoms with E-state index >= 15 is 0 Å². The number of carbonyl (C=O) groups excluding carboxylic acids is 2. The van der Waals surface area contributed by atoms with Gasteiger partial charge in [0.2, 0.25) is 0 Å². The molecule has 0 spiro atoms. The van der Waals surface area contributed by atoms with Crippen LogP contribution in [0.5, 0.6) is 5.75 Å². The monoisotopic (exact) mass is 254 g/mol. The molecule has 0 aliphatic rings. The topological polar surface area (TPSA) is 52.6 Å². The number of thiol groups is 1. The van der Waals surface area contributed by atoms with Gasteiger partial charge in [-0.15, -0.1) is 0 Å². The van der Waals surface area contributed by atoms with Gasteiger partial charge in [-0.2, -0.15) is 12.6 Å². The van der Waals surface area contributed by atoms with Crippen LogP contribution in [0.3, 0.4) is 0 Å². The number of esters is 2. The molecule has 1 rings (SSSR count). The van der Waals surface area contributed by atoms with Crippen molar-refractivity contribution in [3.05, 3.63) is 29.8 Å². The highest BCUT2D eigenvalue weighted by atomic mass is 32.1. The number of benzene rings is 1. The molecule has 0 bridgehead atoms. The van der Waals surface area contributed by atoms with E-state index in [9.17, 15) is 9.59 Å². The molecule has 17 heavy (non-hydrogen) atoms. The summed E-state index contributed by atoms with van der Waals surface area (Å²) in [6.07, 6.45) is 0.195. The van der Waals surface area contributed by atoms with E-state index < -0.39 is 11.9 Å². The normalized spacial score (nSPS) is 9.76. The molecule has 0 atom stereocenters. The van der Waals surface area contributed by atoms with Gasteiger partial charge >= 0.3 is 11.9 Å². The van der Waals surface area contributed by atoms with Crippen LogP contribution in [-0.2, 0) is 9.53 Å². The maximum Gasteiger partial charge on any atom is 0.341 e. The van der Waals surface area contributed by atoms with Crippen molar-refractivity contribution in [3.8, 4) is 5.75 Å². The van der Waals surface area contributed by atoms with Gasteiger partial charge in [0.05, 0.1) is 13.0 Å². The third kappa shape index (κ3) is 4.11. The lowest BCUT2D eigenvalue weighted by Crippen LogP contribution is -2.12. The molecular weight excluding hydrogens is 240 g/mol. The van der Waals surface area contributed by atoms with Crippen molar-refractivity contribution in [2.24, 2.45) is 0 Å². The molecule has 92 valence electrons. The average Bonchev–Trinajstić information content (AvgIpc) is 2.30. The van der Waals surface area contributed by atoms with Gasteiger partial charge < -0.3 is 9.47 Å². The Hall–Kier alpha value is -1.49. The molecule has 0 amide bonds. The lowest BCUT2D eigenvalue weighted by Gasteiger charge is -2.08. The molecule has 1 aromatic carbocycles. The maximum absolute atomic E-state index is 11.6. The standard InChI is InChI=1S/C12H14O4S/c1-2-15-12(14)9-5-3-4-6-10(9)16-11(13)7-8-17/h3-6,17H,2,7-8H2,1H3. The zero-order valence-corrected chi connectivity index (χ0v) is 10.4. The second kappa shape index (κ2) is 6.96. The van der Waals surface area contributed by atoms with Gasteiger partial charge in [-0.1, -0.05) is 12.1 Å². The molecule has 0 radical (unpaired) electrons. The van der Waals surface area contributed by atoms with Crippen LogP contribution in [-0.4, -0.2) is 24.3 Å². The van der Waals surface area contributed by atoms with Crippen molar-refractivity contribution in [2.75, 3.05) is 12.4 Å². The molecule has 5 heteroatoms. The molecule has 0 aliphatic carbocycles. The van der Waals surface area contributed by atoms with Gasteiger partial charge in [-0.3, -0.25) is 4.79 Å². The fourth-order valence-electron chi connectivity index (χ4n) is 1.20. The maximum atomic E-state index is 11.6. The molecule has 0 fully saturated rings. The Morgan fingerprint density at radius 1 is 1.29 bits per heavy atom. The molecule has 0 N–H and O–H groups in total. The molecule has 0 heterocycles. The van der Waals surface area contributed by atoms with Crippen LogP contribution < -0.4 is 4.74 Å². The van der Waals surface area contributed by atoms with Crippen LogP contribution in [0.1, 0.15) is 23.7 Å². The molecule has 0 aliphatic heterocycles. The van der Waals surface area contributed by atoms with E-state index in [1.807, 2.05) is 0 Å². The second-order valence-corrected chi connectivity index (χ2v) is 3.61. The highest BCUT2D eigenvalue weighted by Crippen LogP contribution is 2.19. The Morgan fingerprint density at radius 2 is 2.00 bits per heavy atom. The van der Waals surface area contributed by atoms with Crippen molar-refractivity contribution in [1.29, 1.82) is 0 Å². The van der Waals surface area contributed by atoms with Gasteiger partial charge in [-0.05, 0) is 19.1 Å². The third-order valence-corrected chi connectivity index (χ3v) is 2.15. The summed E-state index contributed by atoms with van der Waals surface area (Å²) in [7, 11) is 0. The lowest BCUT2D eigenvalue weighted by atomic mass is 10.2. The zero-order chi connectivity index (χ0) is 12.7. The largest absolute Gasteiger partial charge is 0.462 e. The number of carbonyl (C=O) groups is 2. The highest BCUT2D eigenvalue weighted by Gasteiger charge is 2.15. The number of hydrogen-bond donors (Lipinski definition) is 1. The summed E-state index contributed by atoms with van der Waals surface area (Å²) in [5.41, 5.74) is 0.252. The number of hydrogen-bond acceptors (Lipinski definition) is 5. The minimum absolute atomic E-state index is 0.195. The van der Waals surface area contributed by atoms with Crippen molar-refractivity contribution >= 4 is 24.6 Å². The predicted molar refractivity (Wildman–Crippen MR) is 66.5 cm³/mol. The van der Waals surface area contributed by atoms with E-state index in [-0.39, 0.29) is 24.3 Å². The van der Waals surface area contributed by atoms with Crippen molar-refractivity contribution in [3.63, 3.8) is 0 Å². The Labute approximate surface area is 105 Å². The summed E-state index contributed by atoms with van der Waals surface area (Å²) in [5.74, 6) is -0.295. The first-order chi connectivity index (χ1) is 8.19. The summed E-state index contributed by atoms with van der Waals surface area (Å²) < 4.78 is 9.93. The minimum atomic E-state index is -0.498. The summed E-state index contributed by atoms with van der Waals surface area (Å²) in [4.78, 5) is 22.9. The summed E-state index contributed by atoms with van der Waals surface area (Å²) in [5, 5.41) is 0. The van der Waals surface area contributed by atoms with E-state index in [0.29, 0.717) is 5.75 Å². The van der Waals surface area contributed by atoms with E-state index in [1.165, 1.54) is 0 Å². The SMILES string of the molecule is CCOC(=O)c1ccccc1OC(=O)CCS. The smallest absolute Gasteiger partial charge is 0.341 e. The Morgan fingerprint density at radius 3 is 2.65 bits per heavy atom. The minimum Gasteiger partial charge on any atom is -0.462 e. The molecular formula is C12H14O4S. The number of para-hydroxylation sites is 1. The fraction of sp³-hybridized carbons (Fsp3) is 0.333. The van der Waals surface area contributed by atoms with Gasteiger partial charge in [0.15, 0.2) is 0 Å². The van der Waals surface area contributed by atoms with Gasteiger partial charge in [-0.25, -0.2) is 4.79 Å². The van der Waals surface area contributed by atoms with Crippen LogP contribution in [0.15, 0.2) is 24.3 Å². The molecule has 0 saturated carbocycles. The Kier molecular flexibility index (Phi) is 5.56. The highest BCUT2D eigenvalue weighted by molar-refractivity contribution is 7.80. The summed E-state index contributed by atoms with van der Waals surface area (Å²) in [6.45, 7) is 1.99. The molecule has 4 nitrogen and oxygen atoms in total. The fourth-order valence-corrected chi connectivity index (χ4v) is 1.38. The second-order valence-electron chi connectivity index (χ2n) is 3.16. The van der Waals surface area contributed by atoms with Crippen LogP contribution in [0.2, 0.25) is 0 Å². The Bertz CT molecular complexity index is 403. The van der Waals surface area contributed by atoms with Gasteiger partial charge in [0.25, 0.3) is 0 Å². The first kappa shape index (κ1) is 13.6. The van der Waals surface area contributed by atoms with Gasteiger partial charge in [0.1, 0.15) is 11.3 Å². The van der Waals surface area contributed by atoms with Crippen LogP contribution >= 0.6 is 12.6 Å². The van der Waals surface area contributed by atoms with Crippen molar-refractivity contribution in [1.82, 2.24) is 0 Å². The summed E-state index contributed by atoms with van der Waals surface area (Å²) >= 11 is 3.93. The number of rotatable bonds is 5. The van der Waals surface area contributed by atoms with Gasteiger partial charge in [0, 0.05) is 5.75 Å². The quantitative estimate of drug-likeness (QED) is 0.496. The Balaban J connectivity index is 2.84. The first-order valence-corrected chi connectivity index (χ1v) is 5.90. The lowest BCUT2D eigenvalue weighted by molar-refractivity contribution is -0.133. The summed E-state index contributed by atoms with van der Waals surface area (Å²) in [6, 6.07) is 6.48. The van der Waals surface area contributed by atoms with Crippen LogP contribution in [0, 0.1) is 0 Å². The molecule has 0 aromatic heterocycles. The third-order valence-electron chi connectivity index (χ3n) is 1.92. The van der Waals surface area contributed by atoms with E-state index in [0.717, 1.165) is 0 Å². The molecule has 0 unspecified atom stereocenters. The van der Waals surface area contributed by atoms with E-state index in [2.05, 4.69) is 12.6 Å². The number of ether oxygens (including phenoxy) is 2. The average molecular weight is 254 g/mol. The van der Waals surface area contributed by atoms with E-state index in [1.54, 1.807) is 31.2 Å². The van der Waals surface area contributed by atoms with Crippen molar-refractivity contribution < 1.29 is 19.1 Å². The van der Waals surface area contributed by atoms with Crippen molar-refractivity contribution in [2.45, 2.75) is 13.3 Å². The van der Waals surface area contributed by atoms with E-state index in [4.69, 9.17) is 9.47 Å². The van der Waals surface area contributed by atoms with Crippen LogP contribution in [0.25, 0.3) is 0 Å². The first-order valence-electron chi connectivity index (χ1n) is 5.26. The predicted octanol–water partition coefficient (Wildman–Crippen LogP) is 2.09. The molecule has 0 saturated heterocycles.